The van der Waals surface area contributed by atoms with Crippen molar-refractivity contribution in [2.75, 3.05) is 6.54 Å². The van der Waals surface area contributed by atoms with Crippen LogP contribution in [0.3, 0.4) is 0 Å². The van der Waals surface area contributed by atoms with E-state index in [0.29, 0.717) is 6.42 Å². The predicted molar refractivity (Wildman–Crippen MR) is 53.3 cm³/mol. The fraction of sp³-hybridized carbons (Fsp3) is 0.900. The molecule has 1 unspecified atom stereocenters. The molecule has 1 heterocycles. The van der Waals surface area contributed by atoms with Gasteiger partial charge in [0, 0.05) is 24.5 Å². The summed E-state index contributed by atoms with van der Waals surface area (Å²) in [6.07, 6.45) is 2.49. The third-order valence-corrected chi connectivity index (χ3v) is 2.67. The lowest BCUT2D eigenvalue weighted by atomic mass is 10.0. The molecule has 0 aromatic carbocycles. The Bertz CT molecular complexity index is 201. The zero-order valence-electron chi connectivity index (χ0n) is 8.84. The van der Waals surface area contributed by atoms with Gasteiger partial charge in [-0.2, -0.15) is 0 Å². The van der Waals surface area contributed by atoms with Gasteiger partial charge in [-0.25, -0.2) is 0 Å². The third-order valence-electron chi connectivity index (χ3n) is 2.67. The van der Waals surface area contributed by atoms with Crippen LogP contribution in [0.1, 0.15) is 40.0 Å². The van der Waals surface area contributed by atoms with Crippen LogP contribution in [-0.4, -0.2) is 28.9 Å². The fourth-order valence-electron chi connectivity index (χ4n) is 2.09. The highest BCUT2D eigenvalue weighted by atomic mass is 16.2. The molecule has 0 aromatic rings. The molecular formula is C10H20N2O. The van der Waals surface area contributed by atoms with E-state index < -0.39 is 0 Å². The molecule has 0 spiro atoms. The summed E-state index contributed by atoms with van der Waals surface area (Å²) in [6, 6.07) is 0.163. The minimum atomic E-state index is -0.0360. The van der Waals surface area contributed by atoms with Crippen LogP contribution >= 0.6 is 0 Å². The van der Waals surface area contributed by atoms with Crippen molar-refractivity contribution in [1.29, 1.82) is 0 Å². The van der Waals surface area contributed by atoms with E-state index in [9.17, 15) is 4.79 Å². The van der Waals surface area contributed by atoms with Gasteiger partial charge in [0.15, 0.2) is 0 Å². The smallest absolute Gasteiger partial charge is 0.223 e. The maximum atomic E-state index is 11.7. The largest absolute Gasteiger partial charge is 0.336 e. The first-order chi connectivity index (χ1) is 5.97. The summed E-state index contributed by atoms with van der Waals surface area (Å²) in [5.41, 5.74) is 5.80. The molecule has 1 rings (SSSR count). The average Bonchev–Trinajstić information content (AvgIpc) is 2.24. The molecular weight excluding hydrogens is 164 g/mol. The molecule has 1 atom stereocenters. The van der Waals surface area contributed by atoms with Crippen LogP contribution in [0.5, 0.6) is 0 Å². The Kier molecular flexibility index (Phi) is 2.96. The first kappa shape index (κ1) is 10.5. The van der Waals surface area contributed by atoms with Crippen molar-refractivity contribution in [1.82, 2.24) is 4.90 Å². The average molecular weight is 184 g/mol. The standard InChI is InChI=1S/C10H20N2O/c1-4-5-9(13)12-7-8(11)6-10(12,2)3/h8H,4-7,11H2,1-3H3. The molecule has 1 saturated heterocycles. The highest BCUT2D eigenvalue weighted by Crippen LogP contribution is 2.28. The van der Waals surface area contributed by atoms with E-state index in [1.54, 1.807) is 0 Å². The molecule has 0 saturated carbocycles. The van der Waals surface area contributed by atoms with Gasteiger partial charge in [0.2, 0.25) is 5.91 Å². The normalized spacial score (nSPS) is 26.5. The maximum Gasteiger partial charge on any atom is 0.223 e. The summed E-state index contributed by atoms with van der Waals surface area (Å²) < 4.78 is 0. The second kappa shape index (κ2) is 3.66. The van der Waals surface area contributed by atoms with Crippen molar-refractivity contribution in [2.24, 2.45) is 5.73 Å². The second-order valence-electron chi connectivity index (χ2n) is 4.53. The number of likely N-dealkylation sites (tertiary alicyclic amines) is 1. The van der Waals surface area contributed by atoms with Crippen molar-refractivity contribution in [3.05, 3.63) is 0 Å². The molecule has 2 N–H and O–H groups in total. The first-order valence-electron chi connectivity index (χ1n) is 5.03. The molecule has 0 aliphatic carbocycles. The van der Waals surface area contributed by atoms with Gasteiger partial charge in [-0.1, -0.05) is 6.92 Å². The zero-order valence-corrected chi connectivity index (χ0v) is 8.84. The van der Waals surface area contributed by atoms with E-state index in [-0.39, 0.29) is 17.5 Å². The van der Waals surface area contributed by atoms with Crippen molar-refractivity contribution in [2.45, 2.75) is 51.6 Å². The number of nitrogens with zero attached hydrogens (tertiary/aromatic N) is 1. The van der Waals surface area contributed by atoms with Gasteiger partial charge in [0.05, 0.1) is 0 Å². The van der Waals surface area contributed by atoms with Gasteiger partial charge in [-0.05, 0) is 26.7 Å². The quantitative estimate of drug-likeness (QED) is 0.699. The first-order valence-corrected chi connectivity index (χ1v) is 5.03. The van der Waals surface area contributed by atoms with Crippen LogP contribution in [0, 0.1) is 0 Å². The number of carbonyl (C=O) groups is 1. The van der Waals surface area contributed by atoms with Gasteiger partial charge in [-0.3, -0.25) is 4.79 Å². The SMILES string of the molecule is CCCC(=O)N1CC(N)CC1(C)C. The van der Waals surface area contributed by atoms with E-state index in [2.05, 4.69) is 13.8 Å². The Morgan fingerprint density at radius 3 is 2.62 bits per heavy atom. The predicted octanol–water partition coefficient (Wildman–Crippen LogP) is 1.12. The molecule has 13 heavy (non-hydrogen) atoms. The van der Waals surface area contributed by atoms with Gasteiger partial charge in [-0.15, -0.1) is 0 Å². The molecule has 0 aromatic heterocycles. The molecule has 1 aliphatic heterocycles. The second-order valence-corrected chi connectivity index (χ2v) is 4.53. The van der Waals surface area contributed by atoms with Gasteiger partial charge < -0.3 is 10.6 Å². The van der Waals surface area contributed by atoms with E-state index in [1.807, 2.05) is 11.8 Å². The minimum Gasteiger partial charge on any atom is -0.336 e. The molecule has 0 bridgehead atoms. The number of nitrogens with two attached hydrogens (primary N) is 1. The Morgan fingerprint density at radius 1 is 1.62 bits per heavy atom. The van der Waals surface area contributed by atoms with Crippen molar-refractivity contribution < 1.29 is 4.79 Å². The molecule has 3 nitrogen and oxygen atoms in total. The van der Waals surface area contributed by atoms with Crippen LogP contribution in [0.15, 0.2) is 0 Å². The van der Waals surface area contributed by atoms with Crippen molar-refractivity contribution >= 4 is 5.91 Å². The topological polar surface area (TPSA) is 46.3 Å². The van der Waals surface area contributed by atoms with Crippen LogP contribution < -0.4 is 5.73 Å². The van der Waals surface area contributed by atoms with Gasteiger partial charge in [0.25, 0.3) is 0 Å². The van der Waals surface area contributed by atoms with Crippen LogP contribution in [0.2, 0.25) is 0 Å². The lowest BCUT2D eigenvalue weighted by molar-refractivity contribution is -0.134. The van der Waals surface area contributed by atoms with Crippen LogP contribution in [-0.2, 0) is 4.79 Å². The third kappa shape index (κ3) is 2.21. The van der Waals surface area contributed by atoms with E-state index >= 15 is 0 Å². The number of carbonyl (C=O) groups excluding carboxylic acids is 1. The maximum absolute atomic E-state index is 11.7. The van der Waals surface area contributed by atoms with Crippen LogP contribution in [0.25, 0.3) is 0 Å². The summed E-state index contributed by atoms with van der Waals surface area (Å²) >= 11 is 0. The number of hydrogen-bond donors (Lipinski definition) is 1. The van der Waals surface area contributed by atoms with Crippen molar-refractivity contribution in [3.63, 3.8) is 0 Å². The fourth-order valence-corrected chi connectivity index (χ4v) is 2.09. The highest BCUT2D eigenvalue weighted by molar-refractivity contribution is 5.77. The molecule has 1 aliphatic rings. The summed E-state index contributed by atoms with van der Waals surface area (Å²) in [7, 11) is 0. The Balaban J connectivity index is 2.64. The molecule has 3 heteroatoms. The lowest BCUT2D eigenvalue weighted by Gasteiger charge is -2.31. The van der Waals surface area contributed by atoms with E-state index in [1.165, 1.54) is 0 Å². The molecule has 1 fully saturated rings. The van der Waals surface area contributed by atoms with E-state index in [4.69, 9.17) is 5.73 Å². The Morgan fingerprint density at radius 2 is 2.23 bits per heavy atom. The molecule has 0 radical (unpaired) electrons. The minimum absolute atomic E-state index is 0.0360. The van der Waals surface area contributed by atoms with Crippen molar-refractivity contribution in [3.8, 4) is 0 Å². The monoisotopic (exact) mass is 184 g/mol. The van der Waals surface area contributed by atoms with Gasteiger partial charge in [0.1, 0.15) is 0 Å². The summed E-state index contributed by atoms with van der Waals surface area (Å²) in [4.78, 5) is 13.6. The highest BCUT2D eigenvalue weighted by Gasteiger charge is 2.38. The molecule has 1 amide bonds. The number of amides is 1. The zero-order chi connectivity index (χ0) is 10.1. The number of hydrogen-bond acceptors (Lipinski definition) is 2. The Hall–Kier alpha value is -0.570. The molecule has 76 valence electrons. The van der Waals surface area contributed by atoms with Crippen LogP contribution in [0.4, 0.5) is 0 Å². The number of rotatable bonds is 2. The van der Waals surface area contributed by atoms with E-state index in [0.717, 1.165) is 19.4 Å². The summed E-state index contributed by atoms with van der Waals surface area (Å²) in [5.74, 6) is 0.250. The van der Waals surface area contributed by atoms with Gasteiger partial charge >= 0.3 is 0 Å². The Labute approximate surface area is 80.3 Å². The summed E-state index contributed by atoms with van der Waals surface area (Å²) in [6.45, 7) is 6.94. The summed E-state index contributed by atoms with van der Waals surface area (Å²) in [5, 5.41) is 0. The lowest BCUT2D eigenvalue weighted by Crippen LogP contribution is -2.42.